The van der Waals surface area contributed by atoms with E-state index in [1.54, 1.807) is 6.08 Å². The van der Waals surface area contributed by atoms with Crippen molar-refractivity contribution in [2.24, 2.45) is 0 Å². The van der Waals surface area contributed by atoms with Gasteiger partial charge < -0.3 is 22.4 Å². The lowest BCUT2D eigenvalue weighted by molar-refractivity contribution is 0.0298. The highest BCUT2D eigenvalue weighted by atomic mass is 28.4. The van der Waals surface area contributed by atoms with Crippen molar-refractivity contribution in [2.45, 2.75) is 0 Å². The molecule has 0 saturated carbocycles. The van der Waals surface area contributed by atoms with Crippen LogP contribution in [0.3, 0.4) is 0 Å². The first kappa shape index (κ1) is 13.2. The van der Waals surface area contributed by atoms with Gasteiger partial charge >= 0.3 is 9.05 Å². The van der Waals surface area contributed by atoms with E-state index >= 15 is 0 Å². The zero-order valence-corrected chi connectivity index (χ0v) is 9.90. The normalized spacial score (nSPS) is 11.7. The summed E-state index contributed by atoms with van der Waals surface area (Å²) in [5.41, 5.74) is 0. The van der Waals surface area contributed by atoms with Gasteiger partial charge in [0, 0.05) is 27.4 Å². The maximum absolute atomic E-state index is 5.30. The average Bonchev–Trinajstić information content (AvgIpc) is 2.23. The molecule has 0 aliphatic heterocycles. The third-order valence-electron chi connectivity index (χ3n) is 1.40. The molecule has 0 amide bonds. The van der Waals surface area contributed by atoms with Crippen LogP contribution in [0.1, 0.15) is 0 Å². The lowest BCUT2D eigenvalue weighted by atomic mass is 10.5. The topological polar surface area (TPSA) is 46.2 Å². The minimum Gasteiger partial charge on any atom is -0.504 e. The minimum absolute atomic E-state index is 0.351. The molecule has 0 aromatic heterocycles. The number of rotatable bonds is 7. The number of allylic oxidation sites excluding steroid dienone is 1. The first-order valence-corrected chi connectivity index (χ1v) is 5.50. The van der Waals surface area contributed by atoms with Gasteiger partial charge in [-0.25, -0.2) is 0 Å². The van der Waals surface area contributed by atoms with Gasteiger partial charge in [0.05, 0.1) is 13.4 Å². The molecule has 6 heteroatoms. The molecule has 0 aromatic rings. The number of methoxy groups -OCH3 is 1. The fourth-order valence-corrected chi connectivity index (χ4v) is 1.85. The Kier molecular flexibility index (Phi) is 6.22. The summed E-state index contributed by atoms with van der Waals surface area (Å²) in [6.07, 6.45) is 2.97. The van der Waals surface area contributed by atoms with Gasteiger partial charge in [0.2, 0.25) is 0 Å². The van der Waals surface area contributed by atoms with Gasteiger partial charge in [-0.15, -0.1) is 0 Å². The molecule has 0 rings (SSSR count). The van der Waals surface area contributed by atoms with Crippen LogP contribution < -0.4 is 0 Å². The maximum atomic E-state index is 5.30. The number of hydrogen-bond donors (Lipinski definition) is 0. The molecule has 0 N–H and O–H groups in total. The van der Waals surface area contributed by atoms with Gasteiger partial charge in [-0.3, -0.25) is 0 Å². The van der Waals surface area contributed by atoms with E-state index in [0.717, 1.165) is 0 Å². The van der Waals surface area contributed by atoms with Crippen LogP contribution in [0.15, 0.2) is 24.7 Å². The number of hydrogen-bond acceptors (Lipinski definition) is 5. The molecule has 0 bridgehead atoms. The van der Waals surface area contributed by atoms with Crippen molar-refractivity contribution in [1.82, 2.24) is 0 Å². The highest BCUT2D eigenvalue weighted by Gasteiger charge is 2.45. The standard InChI is InChI=1S/C8H16O5Si/c1-8(6-7-9-2)13-14(10-3,11-4)12-5/h6-7H,1H2,2-5H3/b7-6+. The SMILES string of the molecule is C=C(/C=C/OC)O[Si](OC)(OC)OC. The van der Waals surface area contributed by atoms with Gasteiger partial charge in [0.1, 0.15) is 5.76 Å². The molecule has 14 heavy (non-hydrogen) atoms. The predicted molar refractivity (Wildman–Crippen MR) is 53.2 cm³/mol. The van der Waals surface area contributed by atoms with E-state index in [0.29, 0.717) is 5.76 Å². The molecule has 82 valence electrons. The summed E-state index contributed by atoms with van der Waals surface area (Å²) < 4.78 is 25.1. The first-order chi connectivity index (χ1) is 6.64. The van der Waals surface area contributed by atoms with Gasteiger partial charge in [-0.2, -0.15) is 0 Å². The van der Waals surface area contributed by atoms with Crippen molar-refractivity contribution in [3.63, 3.8) is 0 Å². The molecule has 0 aliphatic carbocycles. The van der Waals surface area contributed by atoms with Crippen LogP contribution in [0.2, 0.25) is 0 Å². The Morgan fingerprint density at radius 1 is 1.07 bits per heavy atom. The first-order valence-electron chi connectivity index (χ1n) is 3.86. The summed E-state index contributed by atoms with van der Waals surface area (Å²) in [4.78, 5) is 0. The lowest BCUT2D eigenvalue weighted by Gasteiger charge is -2.23. The van der Waals surface area contributed by atoms with Gasteiger partial charge in [0.15, 0.2) is 0 Å². The van der Waals surface area contributed by atoms with Crippen molar-refractivity contribution in [1.29, 1.82) is 0 Å². The van der Waals surface area contributed by atoms with Crippen LogP contribution in [0, 0.1) is 0 Å². The average molecular weight is 220 g/mol. The molecule has 0 fully saturated rings. The molecule has 0 radical (unpaired) electrons. The molecule has 0 spiro atoms. The fourth-order valence-electron chi connectivity index (χ4n) is 0.714. The maximum Gasteiger partial charge on any atom is 0.748 e. The summed E-state index contributed by atoms with van der Waals surface area (Å²) >= 11 is 0. The van der Waals surface area contributed by atoms with Crippen molar-refractivity contribution in [3.8, 4) is 0 Å². The van der Waals surface area contributed by atoms with Crippen LogP contribution in [-0.2, 0) is 22.4 Å². The van der Waals surface area contributed by atoms with Gasteiger partial charge in [0.25, 0.3) is 0 Å². The van der Waals surface area contributed by atoms with E-state index in [2.05, 4.69) is 6.58 Å². The second kappa shape index (κ2) is 6.60. The van der Waals surface area contributed by atoms with Crippen LogP contribution >= 0.6 is 0 Å². The van der Waals surface area contributed by atoms with Crippen LogP contribution in [0.25, 0.3) is 0 Å². The molecule has 5 nitrogen and oxygen atoms in total. The van der Waals surface area contributed by atoms with E-state index in [-0.39, 0.29) is 0 Å². The van der Waals surface area contributed by atoms with E-state index in [9.17, 15) is 0 Å². The minimum atomic E-state index is -3.04. The molecule has 0 aliphatic rings. The molecule has 0 aromatic carbocycles. The van der Waals surface area contributed by atoms with E-state index in [4.69, 9.17) is 22.4 Å². The fraction of sp³-hybridized carbons (Fsp3) is 0.500. The Morgan fingerprint density at radius 2 is 1.57 bits per heavy atom. The molecular weight excluding hydrogens is 204 g/mol. The zero-order chi connectivity index (χ0) is 11.0. The van der Waals surface area contributed by atoms with Crippen LogP contribution in [0.5, 0.6) is 0 Å². The third-order valence-corrected chi connectivity index (χ3v) is 3.41. The molecule has 0 saturated heterocycles. The monoisotopic (exact) mass is 220 g/mol. The summed E-state index contributed by atoms with van der Waals surface area (Å²) in [7, 11) is 2.84. The van der Waals surface area contributed by atoms with Gasteiger partial charge in [-0.1, -0.05) is 6.58 Å². The molecule has 0 atom stereocenters. The lowest BCUT2D eigenvalue weighted by Crippen LogP contribution is -2.45. The molecular formula is C8H16O5Si. The van der Waals surface area contributed by atoms with Crippen LogP contribution in [0.4, 0.5) is 0 Å². The highest BCUT2D eigenvalue weighted by Crippen LogP contribution is 2.13. The third kappa shape index (κ3) is 3.92. The summed E-state index contributed by atoms with van der Waals surface area (Å²) in [5, 5.41) is 0. The second-order valence-electron chi connectivity index (χ2n) is 2.22. The Bertz CT molecular complexity index is 192. The van der Waals surface area contributed by atoms with E-state index in [1.807, 2.05) is 0 Å². The summed E-state index contributed by atoms with van der Waals surface area (Å²) in [6, 6.07) is 0. The smallest absolute Gasteiger partial charge is 0.504 e. The van der Waals surface area contributed by atoms with Crippen LogP contribution in [-0.4, -0.2) is 37.5 Å². The molecule has 0 heterocycles. The zero-order valence-electron chi connectivity index (χ0n) is 8.90. The Labute approximate surface area is 85.4 Å². The Hall–Kier alpha value is -0.823. The molecule has 0 unspecified atom stereocenters. The van der Waals surface area contributed by atoms with Crippen molar-refractivity contribution in [2.75, 3.05) is 28.4 Å². The van der Waals surface area contributed by atoms with E-state index in [1.165, 1.54) is 34.7 Å². The largest absolute Gasteiger partial charge is 0.748 e. The highest BCUT2D eigenvalue weighted by molar-refractivity contribution is 6.53. The summed E-state index contributed by atoms with van der Waals surface area (Å²) in [5.74, 6) is 0.351. The quantitative estimate of drug-likeness (QED) is 0.364. The predicted octanol–water partition coefficient (Wildman–Crippen LogP) is 1.05. The Morgan fingerprint density at radius 3 is 1.93 bits per heavy atom. The Balaban J connectivity index is 4.29. The van der Waals surface area contributed by atoms with E-state index < -0.39 is 9.05 Å². The van der Waals surface area contributed by atoms with Crippen molar-refractivity contribution < 1.29 is 22.4 Å². The van der Waals surface area contributed by atoms with Crippen molar-refractivity contribution >= 4 is 9.05 Å². The van der Waals surface area contributed by atoms with Crippen molar-refractivity contribution in [3.05, 3.63) is 24.7 Å². The number of ether oxygens (including phenoxy) is 1. The summed E-state index contributed by atoms with van der Waals surface area (Å²) in [6.45, 7) is 3.63. The van der Waals surface area contributed by atoms with Gasteiger partial charge in [-0.05, 0) is 0 Å². The second-order valence-corrected chi connectivity index (χ2v) is 4.65.